The maximum atomic E-state index is 4.77. The quantitative estimate of drug-likeness (QED) is 0.355. The predicted molar refractivity (Wildman–Crippen MR) is 92.0 cm³/mol. The molecule has 0 bridgehead atoms. The van der Waals surface area contributed by atoms with E-state index in [9.17, 15) is 0 Å². The van der Waals surface area contributed by atoms with Crippen molar-refractivity contribution >= 4 is 21.8 Å². The SMILES string of the molecule is Cc1ccc2ccc3c(-c4ccccc4)cc(C)nc3c2n1.[Cu+]. The van der Waals surface area contributed by atoms with Crippen LogP contribution in [-0.4, -0.2) is 9.97 Å². The summed E-state index contributed by atoms with van der Waals surface area (Å²) in [5.74, 6) is 0. The Labute approximate surface area is 146 Å². The van der Waals surface area contributed by atoms with E-state index < -0.39 is 0 Å². The molecule has 2 heterocycles. The molecule has 0 amide bonds. The Bertz CT molecular complexity index is 994. The Balaban J connectivity index is 0.00000156. The Morgan fingerprint density at radius 1 is 0.696 bits per heavy atom. The molecule has 3 heteroatoms. The van der Waals surface area contributed by atoms with Gasteiger partial charge < -0.3 is 0 Å². The van der Waals surface area contributed by atoms with Crippen LogP contribution in [0.3, 0.4) is 0 Å². The van der Waals surface area contributed by atoms with E-state index in [0.717, 1.165) is 33.2 Å². The van der Waals surface area contributed by atoms with Crippen molar-refractivity contribution < 1.29 is 17.1 Å². The number of aryl methyl sites for hydroxylation is 2. The molecule has 0 aliphatic rings. The number of benzene rings is 2. The van der Waals surface area contributed by atoms with Crippen molar-refractivity contribution in [2.24, 2.45) is 0 Å². The molecular weight excluding hydrogens is 332 g/mol. The van der Waals surface area contributed by atoms with Crippen LogP contribution in [0.4, 0.5) is 0 Å². The smallest absolute Gasteiger partial charge is 0.251 e. The molecule has 4 rings (SSSR count). The summed E-state index contributed by atoms with van der Waals surface area (Å²) in [7, 11) is 0. The molecule has 23 heavy (non-hydrogen) atoms. The van der Waals surface area contributed by atoms with Gasteiger partial charge in [-0.3, -0.25) is 9.97 Å². The molecule has 0 aliphatic carbocycles. The Hall–Kier alpha value is -2.22. The zero-order valence-corrected chi connectivity index (χ0v) is 13.9. The number of aromatic nitrogens is 2. The normalized spacial score (nSPS) is 10.7. The summed E-state index contributed by atoms with van der Waals surface area (Å²) >= 11 is 0. The molecule has 0 atom stereocenters. The van der Waals surface area contributed by atoms with Gasteiger partial charge in [0.15, 0.2) is 0 Å². The van der Waals surface area contributed by atoms with Gasteiger partial charge in [0.05, 0.1) is 11.0 Å². The summed E-state index contributed by atoms with van der Waals surface area (Å²) in [5.41, 5.74) is 6.43. The van der Waals surface area contributed by atoms with Crippen molar-refractivity contribution in [2.75, 3.05) is 0 Å². The number of rotatable bonds is 1. The summed E-state index contributed by atoms with van der Waals surface area (Å²) in [5, 5.41) is 2.29. The van der Waals surface area contributed by atoms with Crippen molar-refractivity contribution in [3.8, 4) is 11.1 Å². The monoisotopic (exact) mass is 347 g/mol. The fourth-order valence-corrected chi connectivity index (χ4v) is 2.95. The van der Waals surface area contributed by atoms with E-state index in [0.29, 0.717) is 0 Å². The molecule has 0 saturated heterocycles. The third kappa shape index (κ3) is 2.74. The van der Waals surface area contributed by atoms with Gasteiger partial charge in [-0.15, -0.1) is 0 Å². The van der Waals surface area contributed by atoms with Gasteiger partial charge in [0.2, 0.25) is 0 Å². The van der Waals surface area contributed by atoms with E-state index in [-0.39, 0.29) is 17.1 Å². The second kappa shape index (κ2) is 6.11. The maximum absolute atomic E-state index is 4.77. The number of pyridine rings is 2. The topological polar surface area (TPSA) is 25.8 Å². The fourth-order valence-electron chi connectivity index (χ4n) is 2.95. The van der Waals surface area contributed by atoms with Gasteiger partial charge in [-0.2, -0.15) is 0 Å². The zero-order chi connectivity index (χ0) is 15.1. The minimum atomic E-state index is 0. The Morgan fingerprint density at radius 2 is 1.39 bits per heavy atom. The van der Waals surface area contributed by atoms with Gasteiger partial charge in [-0.1, -0.05) is 48.5 Å². The van der Waals surface area contributed by atoms with Crippen LogP contribution in [0.25, 0.3) is 32.9 Å². The van der Waals surface area contributed by atoms with Gasteiger partial charge in [-0.05, 0) is 37.1 Å². The van der Waals surface area contributed by atoms with Crippen LogP contribution in [0.2, 0.25) is 0 Å². The van der Waals surface area contributed by atoms with Gasteiger partial charge in [0, 0.05) is 22.2 Å². The molecule has 0 unspecified atom stereocenters. The van der Waals surface area contributed by atoms with Crippen LogP contribution >= 0.6 is 0 Å². The molecule has 2 nitrogen and oxygen atoms in total. The minimum Gasteiger partial charge on any atom is -0.251 e. The molecule has 116 valence electrons. The van der Waals surface area contributed by atoms with Crippen LogP contribution in [0.1, 0.15) is 11.4 Å². The van der Waals surface area contributed by atoms with Gasteiger partial charge >= 0.3 is 17.1 Å². The average Bonchev–Trinajstić information content (AvgIpc) is 2.55. The molecule has 0 saturated carbocycles. The van der Waals surface area contributed by atoms with Crippen LogP contribution in [-0.2, 0) is 17.1 Å². The van der Waals surface area contributed by atoms with Crippen LogP contribution in [0.5, 0.6) is 0 Å². The maximum Gasteiger partial charge on any atom is 1.00 e. The van der Waals surface area contributed by atoms with Crippen LogP contribution < -0.4 is 0 Å². The van der Waals surface area contributed by atoms with E-state index in [1.54, 1.807) is 0 Å². The Kier molecular flexibility index (Phi) is 4.16. The number of hydrogen-bond acceptors (Lipinski definition) is 2. The van der Waals surface area contributed by atoms with E-state index in [2.05, 4.69) is 48.5 Å². The molecular formula is C20H16CuN2+. The average molecular weight is 348 g/mol. The molecule has 2 aromatic carbocycles. The number of hydrogen-bond donors (Lipinski definition) is 0. The van der Waals surface area contributed by atoms with Gasteiger partial charge in [-0.25, -0.2) is 0 Å². The second-order valence-corrected chi connectivity index (χ2v) is 5.66. The van der Waals surface area contributed by atoms with Crippen molar-refractivity contribution in [2.45, 2.75) is 13.8 Å². The molecule has 4 aromatic rings. The van der Waals surface area contributed by atoms with Gasteiger partial charge in [0.25, 0.3) is 0 Å². The van der Waals surface area contributed by atoms with Crippen molar-refractivity contribution in [1.82, 2.24) is 9.97 Å². The molecule has 0 aliphatic heterocycles. The van der Waals surface area contributed by atoms with E-state index in [1.807, 2.05) is 26.0 Å². The molecule has 0 fully saturated rings. The minimum absolute atomic E-state index is 0. The van der Waals surface area contributed by atoms with Gasteiger partial charge in [0.1, 0.15) is 0 Å². The number of nitrogens with zero attached hydrogens (tertiary/aromatic N) is 2. The summed E-state index contributed by atoms with van der Waals surface area (Å²) in [6.45, 7) is 4.06. The summed E-state index contributed by atoms with van der Waals surface area (Å²) in [6, 6.07) is 21.1. The first-order chi connectivity index (χ1) is 10.7. The third-order valence-corrected chi connectivity index (χ3v) is 3.99. The Morgan fingerprint density at radius 3 is 2.17 bits per heavy atom. The zero-order valence-electron chi connectivity index (χ0n) is 13.0. The van der Waals surface area contributed by atoms with Crippen LogP contribution in [0, 0.1) is 13.8 Å². The first-order valence-corrected chi connectivity index (χ1v) is 7.45. The fraction of sp³-hybridized carbons (Fsp3) is 0.100. The summed E-state index contributed by atoms with van der Waals surface area (Å²) in [6.07, 6.45) is 0. The molecule has 2 aromatic heterocycles. The van der Waals surface area contributed by atoms with E-state index >= 15 is 0 Å². The van der Waals surface area contributed by atoms with E-state index in [1.165, 1.54) is 11.1 Å². The van der Waals surface area contributed by atoms with Crippen LogP contribution in [0.15, 0.2) is 60.7 Å². The van der Waals surface area contributed by atoms with Crippen molar-refractivity contribution in [3.63, 3.8) is 0 Å². The largest absolute Gasteiger partial charge is 1.00 e. The first-order valence-electron chi connectivity index (χ1n) is 7.45. The number of fused-ring (bicyclic) bond motifs is 3. The molecule has 0 N–H and O–H groups in total. The summed E-state index contributed by atoms with van der Waals surface area (Å²) < 4.78 is 0. The second-order valence-electron chi connectivity index (χ2n) is 5.66. The standard InChI is InChI=1S/C20H16N2.Cu/c1-13-8-9-16-10-11-17-18(15-6-4-3-5-7-15)12-14(2)22-20(17)19(16)21-13;/h3-12H,1-2H3;/q;+1. The first kappa shape index (κ1) is 15.7. The summed E-state index contributed by atoms with van der Waals surface area (Å²) in [4.78, 5) is 9.49. The molecule has 0 radical (unpaired) electrons. The van der Waals surface area contributed by atoms with Crippen molar-refractivity contribution in [1.29, 1.82) is 0 Å². The van der Waals surface area contributed by atoms with Crippen molar-refractivity contribution in [3.05, 3.63) is 72.1 Å². The predicted octanol–water partition coefficient (Wildman–Crippen LogP) is 5.06. The molecule has 0 spiro atoms. The third-order valence-electron chi connectivity index (χ3n) is 3.99. The van der Waals surface area contributed by atoms with E-state index in [4.69, 9.17) is 9.97 Å².